The Balaban J connectivity index is 2.16. The van der Waals surface area contributed by atoms with E-state index < -0.39 is 5.97 Å². The SMILES string of the molecule is Cc1cc(-n2c(SCC(=O)O)nnc2-c2sccc2C)n(C)n1. The lowest BCUT2D eigenvalue weighted by Gasteiger charge is -2.09. The number of thioether (sulfide) groups is 1. The summed E-state index contributed by atoms with van der Waals surface area (Å²) in [5.41, 5.74) is 1.98. The number of hydrogen-bond acceptors (Lipinski definition) is 6. The first-order valence-corrected chi connectivity index (χ1v) is 8.69. The van der Waals surface area contributed by atoms with Crippen molar-refractivity contribution in [2.24, 2.45) is 7.05 Å². The largest absolute Gasteiger partial charge is 0.481 e. The van der Waals surface area contributed by atoms with Gasteiger partial charge in [0.05, 0.1) is 16.3 Å². The first-order valence-electron chi connectivity index (χ1n) is 6.83. The number of aryl methyl sites for hydroxylation is 3. The van der Waals surface area contributed by atoms with Crippen LogP contribution < -0.4 is 0 Å². The number of carboxylic acids is 1. The predicted molar refractivity (Wildman–Crippen MR) is 89.3 cm³/mol. The second-order valence-corrected chi connectivity index (χ2v) is 6.88. The van der Waals surface area contributed by atoms with Gasteiger partial charge in [-0.3, -0.25) is 14.0 Å². The molecule has 23 heavy (non-hydrogen) atoms. The lowest BCUT2D eigenvalue weighted by Crippen LogP contribution is -2.07. The second-order valence-electron chi connectivity index (χ2n) is 5.02. The standard InChI is InChI=1S/C14H15N5O2S2/c1-8-4-5-22-12(8)13-15-16-14(23-7-11(20)21)19(13)10-6-9(2)17-18(10)3/h4-6H,7H2,1-3H3,(H,20,21). The van der Waals surface area contributed by atoms with Gasteiger partial charge in [0.15, 0.2) is 11.0 Å². The highest BCUT2D eigenvalue weighted by Gasteiger charge is 2.21. The van der Waals surface area contributed by atoms with Gasteiger partial charge in [-0.1, -0.05) is 11.8 Å². The maximum atomic E-state index is 10.9. The molecular weight excluding hydrogens is 334 g/mol. The van der Waals surface area contributed by atoms with E-state index in [4.69, 9.17) is 5.11 Å². The molecular formula is C14H15N5O2S2. The molecule has 3 aromatic heterocycles. The average molecular weight is 349 g/mol. The summed E-state index contributed by atoms with van der Waals surface area (Å²) in [5, 5.41) is 24.3. The summed E-state index contributed by atoms with van der Waals surface area (Å²) in [5.74, 6) is 0.550. The molecule has 0 unspecified atom stereocenters. The van der Waals surface area contributed by atoms with Crippen molar-refractivity contribution < 1.29 is 9.90 Å². The summed E-state index contributed by atoms with van der Waals surface area (Å²) >= 11 is 2.73. The molecule has 0 saturated heterocycles. The Labute approximate surface area is 141 Å². The highest BCUT2D eigenvalue weighted by molar-refractivity contribution is 7.99. The highest BCUT2D eigenvalue weighted by Crippen LogP contribution is 2.32. The zero-order chi connectivity index (χ0) is 16.6. The van der Waals surface area contributed by atoms with Crippen LogP contribution in [0.3, 0.4) is 0 Å². The molecule has 0 saturated carbocycles. The van der Waals surface area contributed by atoms with Crippen LogP contribution in [-0.4, -0.2) is 41.4 Å². The molecule has 0 aromatic carbocycles. The third-order valence-electron chi connectivity index (χ3n) is 3.23. The smallest absolute Gasteiger partial charge is 0.313 e. The van der Waals surface area contributed by atoms with E-state index in [9.17, 15) is 4.79 Å². The van der Waals surface area contributed by atoms with Crippen molar-refractivity contribution in [2.45, 2.75) is 19.0 Å². The summed E-state index contributed by atoms with van der Waals surface area (Å²) < 4.78 is 3.61. The second kappa shape index (κ2) is 6.17. The van der Waals surface area contributed by atoms with Crippen LogP contribution in [0, 0.1) is 13.8 Å². The van der Waals surface area contributed by atoms with Gasteiger partial charge in [0.25, 0.3) is 0 Å². The maximum Gasteiger partial charge on any atom is 0.313 e. The molecule has 0 aliphatic heterocycles. The Morgan fingerprint density at radius 3 is 2.74 bits per heavy atom. The fraction of sp³-hybridized carbons (Fsp3) is 0.286. The van der Waals surface area contributed by atoms with E-state index in [0.717, 1.165) is 33.7 Å². The normalized spacial score (nSPS) is 11.1. The van der Waals surface area contributed by atoms with Gasteiger partial charge >= 0.3 is 5.97 Å². The number of nitrogens with zero attached hydrogens (tertiary/aromatic N) is 5. The average Bonchev–Trinajstić information content (AvgIpc) is 3.15. The summed E-state index contributed by atoms with van der Waals surface area (Å²) in [4.78, 5) is 11.9. The quantitative estimate of drug-likeness (QED) is 0.712. The Hall–Kier alpha value is -2.13. The topological polar surface area (TPSA) is 85.8 Å². The third kappa shape index (κ3) is 3.02. The fourth-order valence-electron chi connectivity index (χ4n) is 2.25. The van der Waals surface area contributed by atoms with Gasteiger partial charge in [-0.2, -0.15) is 5.10 Å². The van der Waals surface area contributed by atoms with Crippen molar-refractivity contribution >= 4 is 29.1 Å². The fourth-order valence-corrected chi connectivity index (χ4v) is 3.81. The zero-order valence-electron chi connectivity index (χ0n) is 12.8. The number of carbonyl (C=O) groups is 1. The van der Waals surface area contributed by atoms with Crippen LogP contribution in [0.25, 0.3) is 16.5 Å². The molecule has 0 bridgehead atoms. The molecule has 7 nitrogen and oxygen atoms in total. The van der Waals surface area contributed by atoms with Crippen LogP contribution in [0.1, 0.15) is 11.3 Å². The number of carboxylic acid groups (broad SMARTS) is 1. The first kappa shape index (κ1) is 15.8. The van der Waals surface area contributed by atoms with E-state index in [2.05, 4.69) is 15.3 Å². The van der Waals surface area contributed by atoms with E-state index in [-0.39, 0.29) is 5.75 Å². The number of aliphatic carboxylic acids is 1. The van der Waals surface area contributed by atoms with Crippen molar-refractivity contribution in [3.05, 3.63) is 28.8 Å². The van der Waals surface area contributed by atoms with Gasteiger partial charge in [0.1, 0.15) is 5.82 Å². The van der Waals surface area contributed by atoms with E-state index in [1.165, 1.54) is 0 Å². The van der Waals surface area contributed by atoms with Gasteiger partial charge in [0, 0.05) is 13.1 Å². The summed E-state index contributed by atoms with van der Waals surface area (Å²) in [6.45, 7) is 3.93. The summed E-state index contributed by atoms with van der Waals surface area (Å²) in [7, 11) is 1.85. The zero-order valence-corrected chi connectivity index (χ0v) is 14.5. The predicted octanol–water partition coefficient (Wildman–Crippen LogP) is 2.52. The molecule has 1 N–H and O–H groups in total. The molecule has 0 aliphatic carbocycles. The molecule has 0 amide bonds. The van der Waals surface area contributed by atoms with Gasteiger partial charge in [0.2, 0.25) is 0 Å². The molecule has 3 heterocycles. The summed E-state index contributed by atoms with van der Waals surface area (Å²) in [6.07, 6.45) is 0. The van der Waals surface area contributed by atoms with Gasteiger partial charge in [-0.25, -0.2) is 0 Å². The molecule has 120 valence electrons. The Kier molecular flexibility index (Phi) is 4.22. The van der Waals surface area contributed by atoms with Crippen LogP contribution in [-0.2, 0) is 11.8 Å². The number of thiophene rings is 1. The first-order chi connectivity index (χ1) is 11.0. The number of aromatic nitrogens is 5. The molecule has 0 spiro atoms. The molecule has 0 atom stereocenters. The lowest BCUT2D eigenvalue weighted by atomic mass is 10.3. The van der Waals surface area contributed by atoms with E-state index in [1.54, 1.807) is 16.0 Å². The van der Waals surface area contributed by atoms with E-state index in [1.807, 2.05) is 43.0 Å². The highest BCUT2D eigenvalue weighted by atomic mass is 32.2. The van der Waals surface area contributed by atoms with E-state index >= 15 is 0 Å². The molecule has 0 fully saturated rings. The van der Waals surface area contributed by atoms with Crippen LogP contribution in [0.2, 0.25) is 0 Å². The van der Waals surface area contributed by atoms with Crippen LogP contribution in [0.4, 0.5) is 0 Å². The molecule has 0 radical (unpaired) electrons. The van der Waals surface area contributed by atoms with Crippen molar-refractivity contribution in [3.63, 3.8) is 0 Å². The summed E-state index contributed by atoms with van der Waals surface area (Å²) in [6, 6.07) is 3.96. The molecule has 3 rings (SSSR count). The van der Waals surface area contributed by atoms with Crippen molar-refractivity contribution in [1.29, 1.82) is 0 Å². The van der Waals surface area contributed by atoms with E-state index in [0.29, 0.717) is 11.0 Å². The molecule has 9 heteroatoms. The van der Waals surface area contributed by atoms with Gasteiger partial charge in [-0.05, 0) is 30.9 Å². The van der Waals surface area contributed by atoms with Gasteiger partial charge < -0.3 is 5.11 Å². The van der Waals surface area contributed by atoms with Crippen LogP contribution >= 0.6 is 23.1 Å². The lowest BCUT2D eigenvalue weighted by molar-refractivity contribution is -0.133. The van der Waals surface area contributed by atoms with Crippen LogP contribution in [0.15, 0.2) is 22.7 Å². The Morgan fingerprint density at radius 2 is 2.17 bits per heavy atom. The Morgan fingerprint density at radius 1 is 1.39 bits per heavy atom. The minimum absolute atomic E-state index is 0.0710. The number of hydrogen-bond donors (Lipinski definition) is 1. The molecule has 3 aromatic rings. The minimum atomic E-state index is -0.889. The number of rotatable bonds is 5. The van der Waals surface area contributed by atoms with Crippen molar-refractivity contribution in [3.8, 4) is 16.5 Å². The maximum absolute atomic E-state index is 10.9. The van der Waals surface area contributed by atoms with Crippen LogP contribution in [0.5, 0.6) is 0 Å². The van der Waals surface area contributed by atoms with Gasteiger partial charge in [-0.15, -0.1) is 21.5 Å². The monoisotopic (exact) mass is 349 g/mol. The van der Waals surface area contributed by atoms with Crippen molar-refractivity contribution in [1.82, 2.24) is 24.5 Å². The third-order valence-corrected chi connectivity index (χ3v) is 5.16. The minimum Gasteiger partial charge on any atom is -0.481 e. The molecule has 0 aliphatic rings. The van der Waals surface area contributed by atoms with Crippen molar-refractivity contribution in [2.75, 3.05) is 5.75 Å². The Bertz CT molecular complexity index is 865.